The van der Waals surface area contributed by atoms with Gasteiger partial charge in [-0.15, -0.1) is 0 Å². The molecule has 1 aromatic heterocycles. The molecule has 1 unspecified atom stereocenters. The standard InChI is InChI=1S/C14H23N3/c1-12-4-3-8-17(9-6-12)11-13-5-2-7-16-14(13)10-15/h2,5,7,12H,3-4,6,8-11,15H2,1H3. The van der Waals surface area contributed by atoms with Crippen molar-refractivity contribution in [1.29, 1.82) is 0 Å². The van der Waals surface area contributed by atoms with Crippen LogP contribution in [-0.2, 0) is 13.1 Å². The van der Waals surface area contributed by atoms with Gasteiger partial charge in [-0.1, -0.05) is 13.0 Å². The van der Waals surface area contributed by atoms with Gasteiger partial charge in [0.25, 0.3) is 0 Å². The lowest BCUT2D eigenvalue weighted by Gasteiger charge is -2.21. The first-order valence-electron chi connectivity index (χ1n) is 6.65. The Balaban J connectivity index is 1.99. The van der Waals surface area contributed by atoms with E-state index in [4.69, 9.17) is 5.73 Å². The first-order chi connectivity index (χ1) is 8.29. The van der Waals surface area contributed by atoms with Crippen LogP contribution in [0.5, 0.6) is 0 Å². The summed E-state index contributed by atoms with van der Waals surface area (Å²) in [7, 11) is 0. The molecule has 3 heteroatoms. The molecule has 0 aliphatic carbocycles. The van der Waals surface area contributed by atoms with Crippen LogP contribution in [0.15, 0.2) is 18.3 Å². The Kier molecular flexibility index (Phi) is 4.51. The van der Waals surface area contributed by atoms with Crippen LogP contribution in [0.3, 0.4) is 0 Å². The zero-order chi connectivity index (χ0) is 12.1. The summed E-state index contributed by atoms with van der Waals surface area (Å²) >= 11 is 0. The highest BCUT2D eigenvalue weighted by atomic mass is 15.1. The van der Waals surface area contributed by atoms with Crippen LogP contribution in [0.25, 0.3) is 0 Å². The highest BCUT2D eigenvalue weighted by Crippen LogP contribution is 2.18. The maximum Gasteiger partial charge on any atom is 0.0584 e. The second-order valence-electron chi connectivity index (χ2n) is 5.13. The van der Waals surface area contributed by atoms with Gasteiger partial charge in [0.15, 0.2) is 0 Å². The van der Waals surface area contributed by atoms with E-state index in [9.17, 15) is 0 Å². The van der Waals surface area contributed by atoms with E-state index in [0.717, 1.165) is 18.2 Å². The molecular weight excluding hydrogens is 210 g/mol. The predicted octanol–water partition coefficient (Wildman–Crippen LogP) is 2.16. The molecule has 1 aliphatic heterocycles. The largest absolute Gasteiger partial charge is 0.325 e. The normalized spacial score (nSPS) is 22.4. The number of pyridine rings is 1. The number of likely N-dealkylation sites (tertiary alicyclic amines) is 1. The number of aromatic nitrogens is 1. The zero-order valence-electron chi connectivity index (χ0n) is 10.7. The Hall–Kier alpha value is -0.930. The van der Waals surface area contributed by atoms with Gasteiger partial charge >= 0.3 is 0 Å². The van der Waals surface area contributed by atoms with Crippen LogP contribution >= 0.6 is 0 Å². The average molecular weight is 233 g/mol. The molecule has 2 heterocycles. The number of hydrogen-bond donors (Lipinski definition) is 1. The van der Waals surface area contributed by atoms with Crippen molar-refractivity contribution in [2.24, 2.45) is 11.7 Å². The van der Waals surface area contributed by atoms with Gasteiger partial charge in [-0.25, -0.2) is 0 Å². The quantitative estimate of drug-likeness (QED) is 0.870. The molecule has 0 aromatic carbocycles. The van der Waals surface area contributed by atoms with Gasteiger partial charge in [-0.2, -0.15) is 0 Å². The van der Waals surface area contributed by atoms with Crippen LogP contribution in [0, 0.1) is 5.92 Å². The second-order valence-corrected chi connectivity index (χ2v) is 5.13. The van der Waals surface area contributed by atoms with Crippen LogP contribution in [0.4, 0.5) is 0 Å². The molecule has 1 aliphatic rings. The summed E-state index contributed by atoms with van der Waals surface area (Å²) in [5.74, 6) is 0.878. The van der Waals surface area contributed by atoms with Gasteiger partial charge in [0, 0.05) is 19.3 Å². The van der Waals surface area contributed by atoms with E-state index in [1.165, 1.54) is 37.9 Å². The molecule has 0 saturated carbocycles. The van der Waals surface area contributed by atoms with Crippen LogP contribution in [0.1, 0.15) is 37.4 Å². The first kappa shape index (κ1) is 12.5. The third-order valence-corrected chi connectivity index (χ3v) is 3.68. The second kappa shape index (κ2) is 6.12. The van der Waals surface area contributed by atoms with Gasteiger partial charge in [-0.3, -0.25) is 9.88 Å². The lowest BCUT2D eigenvalue weighted by molar-refractivity contribution is 0.272. The van der Waals surface area contributed by atoms with E-state index in [0.29, 0.717) is 6.54 Å². The molecule has 0 radical (unpaired) electrons. The molecule has 1 aromatic rings. The molecule has 94 valence electrons. The number of nitrogens with zero attached hydrogens (tertiary/aromatic N) is 2. The van der Waals surface area contributed by atoms with Crippen molar-refractivity contribution in [2.75, 3.05) is 13.1 Å². The molecule has 1 atom stereocenters. The van der Waals surface area contributed by atoms with Crippen molar-refractivity contribution in [3.63, 3.8) is 0 Å². The Labute approximate surface area is 104 Å². The van der Waals surface area contributed by atoms with Crippen molar-refractivity contribution in [3.8, 4) is 0 Å². The molecular formula is C14H23N3. The number of rotatable bonds is 3. The topological polar surface area (TPSA) is 42.2 Å². The molecule has 1 saturated heterocycles. The van der Waals surface area contributed by atoms with Gasteiger partial charge in [-0.05, 0) is 49.9 Å². The van der Waals surface area contributed by atoms with E-state index in [1.807, 2.05) is 12.3 Å². The van der Waals surface area contributed by atoms with E-state index >= 15 is 0 Å². The van der Waals surface area contributed by atoms with Gasteiger partial charge in [0.2, 0.25) is 0 Å². The molecule has 1 fully saturated rings. The molecule has 0 spiro atoms. The lowest BCUT2D eigenvalue weighted by Crippen LogP contribution is -2.25. The fourth-order valence-electron chi connectivity index (χ4n) is 2.52. The van der Waals surface area contributed by atoms with Gasteiger partial charge < -0.3 is 5.73 Å². The van der Waals surface area contributed by atoms with Crippen molar-refractivity contribution in [2.45, 2.75) is 39.3 Å². The van der Waals surface area contributed by atoms with E-state index in [2.05, 4.69) is 22.9 Å². The molecule has 2 N–H and O–H groups in total. The van der Waals surface area contributed by atoms with Crippen LogP contribution in [0.2, 0.25) is 0 Å². The summed E-state index contributed by atoms with van der Waals surface area (Å²) in [6.45, 7) is 6.33. The summed E-state index contributed by atoms with van der Waals surface area (Å²) in [5, 5.41) is 0. The van der Waals surface area contributed by atoms with Crippen molar-refractivity contribution < 1.29 is 0 Å². The Bertz CT molecular complexity index is 351. The summed E-state index contributed by atoms with van der Waals surface area (Å²) in [6.07, 6.45) is 5.83. The molecule has 17 heavy (non-hydrogen) atoms. The van der Waals surface area contributed by atoms with Crippen LogP contribution in [-0.4, -0.2) is 23.0 Å². The smallest absolute Gasteiger partial charge is 0.0584 e. The zero-order valence-corrected chi connectivity index (χ0v) is 10.7. The third-order valence-electron chi connectivity index (χ3n) is 3.68. The summed E-state index contributed by atoms with van der Waals surface area (Å²) in [6, 6.07) is 4.17. The first-order valence-corrected chi connectivity index (χ1v) is 6.65. The molecule has 0 bridgehead atoms. The number of nitrogens with two attached hydrogens (primary N) is 1. The van der Waals surface area contributed by atoms with Crippen molar-refractivity contribution >= 4 is 0 Å². The lowest BCUT2D eigenvalue weighted by atomic mass is 10.0. The van der Waals surface area contributed by atoms with E-state index in [1.54, 1.807) is 0 Å². The van der Waals surface area contributed by atoms with Crippen molar-refractivity contribution in [3.05, 3.63) is 29.6 Å². The monoisotopic (exact) mass is 233 g/mol. The fraction of sp³-hybridized carbons (Fsp3) is 0.643. The van der Waals surface area contributed by atoms with Crippen LogP contribution < -0.4 is 5.73 Å². The number of hydrogen-bond acceptors (Lipinski definition) is 3. The average Bonchev–Trinajstić information content (AvgIpc) is 2.55. The molecule has 0 amide bonds. The Morgan fingerprint density at radius 2 is 2.29 bits per heavy atom. The van der Waals surface area contributed by atoms with Crippen molar-refractivity contribution in [1.82, 2.24) is 9.88 Å². The van der Waals surface area contributed by atoms with E-state index in [-0.39, 0.29) is 0 Å². The minimum absolute atomic E-state index is 0.542. The summed E-state index contributed by atoms with van der Waals surface area (Å²) < 4.78 is 0. The molecule has 2 rings (SSSR count). The Morgan fingerprint density at radius 3 is 3.12 bits per heavy atom. The van der Waals surface area contributed by atoms with Gasteiger partial charge in [0.1, 0.15) is 0 Å². The van der Waals surface area contributed by atoms with Gasteiger partial charge in [0.05, 0.1) is 5.69 Å². The highest BCUT2D eigenvalue weighted by Gasteiger charge is 2.14. The SMILES string of the molecule is CC1CCCN(Cc2cccnc2CN)CC1. The summed E-state index contributed by atoms with van der Waals surface area (Å²) in [5.41, 5.74) is 8.07. The maximum atomic E-state index is 5.73. The summed E-state index contributed by atoms with van der Waals surface area (Å²) in [4.78, 5) is 6.89. The Morgan fingerprint density at radius 1 is 1.41 bits per heavy atom. The molecule has 3 nitrogen and oxygen atoms in total. The van der Waals surface area contributed by atoms with E-state index < -0.39 is 0 Å². The minimum Gasteiger partial charge on any atom is -0.325 e. The maximum absolute atomic E-state index is 5.73. The predicted molar refractivity (Wildman–Crippen MR) is 70.4 cm³/mol. The highest BCUT2D eigenvalue weighted by molar-refractivity contribution is 5.19. The fourth-order valence-corrected chi connectivity index (χ4v) is 2.52. The minimum atomic E-state index is 0.542. The third kappa shape index (κ3) is 3.51.